The molecule has 0 spiro atoms. The number of halogens is 5. The maximum atomic E-state index is 13.9. The Kier molecular flexibility index (Phi) is 5.29. The zero-order valence-corrected chi connectivity index (χ0v) is 18.1. The number of carbonyl (C=O) groups is 1. The lowest BCUT2D eigenvalue weighted by Crippen LogP contribution is -2.35. The highest BCUT2D eigenvalue weighted by atomic mass is 35.5. The van der Waals surface area contributed by atoms with Gasteiger partial charge in [0.1, 0.15) is 5.82 Å². The SMILES string of the molecule is O=C(Nc1cccc(Cl)c1Cl)c1cc2n(n1)[C@H](C(F)(F)F)C[C@@H](c1ccc3c(c1)OCO3)N2. The maximum Gasteiger partial charge on any atom is 0.410 e. The molecule has 2 aliphatic heterocycles. The predicted octanol–water partition coefficient (Wildman–Crippen LogP) is 5.83. The molecule has 1 aromatic heterocycles. The Morgan fingerprint density at radius 2 is 1.94 bits per heavy atom. The summed E-state index contributed by atoms with van der Waals surface area (Å²) in [6.07, 6.45) is -4.90. The maximum absolute atomic E-state index is 13.9. The van der Waals surface area contributed by atoms with E-state index >= 15 is 0 Å². The zero-order valence-electron chi connectivity index (χ0n) is 16.6. The largest absolute Gasteiger partial charge is 0.454 e. The Morgan fingerprint density at radius 1 is 1.15 bits per heavy atom. The third kappa shape index (κ3) is 4.04. The molecule has 7 nitrogen and oxygen atoms in total. The molecular weight excluding hydrogens is 484 g/mol. The highest BCUT2D eigenvalue weighted by Gasteiger charge is 2.47. The first-order chi connectivity index (χ1) is 15.7. The molecular formula is C21H15Cl2F3N4O3. The number of nitrogens with one attached hydrogen (secondary N) is 2. The molecule has 172 valence electrons. The number of rotatable bonds is 3. The van der Waals surface area contributed by atoms with Crippen molar-refractivity contribution in [2.75, 3.05) is 17.4 Å². The van der Waals surface area contributed by atoms with E-state index in [-0.39, 0.29) is 40.5 Å². The van der Waals surface area contributed by atoms with Crippen LogP contribution >= 0.6 is 23.2 Å². The second-order valence-electron chi connectivity index (χ2n) is 7.52. The van der Waals surface area contributed by atoms with Gasteiger partial charge in [-0.15, -0.1) is 0 Å². The molecule has 3 aromatic rings. The molecule has 5 rings (SSSR count). The summed E-state index contributed by atoms with van der Waals surface area (Å²) < 4.78 is 53.1. The van der Waals surface area contributed by atoms with Crippen LogP contribution in [0.2, 0.25) is 10.0 Å². The third-order valence-corrected chi connectivity index (χ3v) is 6.24. The Morgan fingerprint density at radius 3 is 2.73 bits per heavy atom. The fraction of sp³-hybridized carbons (Fsp3) is 0.238. The number of ether oxygens (including phenoxy) is 2. The van der Waals surface area contributed by atoms with Crippen molar-refractivity contribution in [2.24, 2.45) is 0 Å². The lowest BCUT2D eigenvalue weighted by molar-refractivity contribution is -0.173. The highest BCUT2D eigenvalue weighted by Crippen LogP contribution is 2.45. The summed E-state index contributed by atoms with van der Waals surface area (Å²) in [5.41, 5.74) is 0.616. The fourth-order valence-corrected chi connectivity index (χ4v) is 4.17. The average Bonchev–Trinajstić information content (AvgIpc) is 3.41. The number of amides is 1. The minimum atomic E-state index is -4.58. The number of aromatic nitrogens is 2. The molecule has 0 radical (unpaired) electrons. The van der Waals surface area contributed by atoms with E-state index in [9.17, 15) is 18.0 Å². The smallest absolute Gasteiger partial charge is 0.410 e. The number of alkyl halides is 3. The first-order valence-corrected chi connectivity index (χ1v) is 10.5. The van der Waals surface area contributed by atoms with Crippen molar-refractivity contribution in [3.05, 3.63) is 63.8 Å². The summed E-state index contributed by atoms with van der Waals surface area (Å²) >= 11 is 12.0. The van der Waals surface area contributed by atoms with Crippen LogP contribution in [0.25, 0.3) is 0 Å². The lowest BCUT2D eigenvalue weighted by atomic mass is 9.96. The first-order valence-electron chi connectivity index (χ1n) is 9.78. The van der Waals surface area contributed by atoms with Gasteiger partial charge in [-0.25, -0.2) is 4.68 Å². The summed E-state index contributed by atoms with van der Waals surface area (Å²) in [6, 6.07) is 8.28. The number of benzene rings is 2. The standard InChI is InChI=1S/C21H15Cl2F3N4O3/c22-11-2-1-3-12(19(11)23)28-20(31)14-8-18-27-13(7-17(21(24,25)26)30(18)29-14)10-4-5-15-16(6-10)33-9-32-15/h1-6,8,13,17,27H,7,9H2,(H,28,31)/t13-,17-/m0/s1. The monoisotopic (exact) mass is 498 g/mol. The van der Waals surface area contributed by atoms with Crippen LogP contribution in [0.3, 0.4) is 0 Å². The van der Waals surface area contributed by atoms with Crippen LogP contribution in [0.4, 0.5) is 24.7 Å². The molecule has 3 heterocycles. The minimum Gasteiger partial charge on any atom is -0.454 e. The molecule has 2 N–H and O–H groups in total. The van der Waals surface area contributed by atoms with Gasteiger partial charge in [0.2, 0.25) is 6.79 Å². The Balaban J connectivity index is 1.45. The molecule has 12 heteroatoms. The van der Waals surface area contributed by atoms with Crippen LogP contribution in [-0.2, 0) is 0 Å². The molecule has 33 heavy (non-hydrogen) atoms. The van der Waals surface area contributed by atoms with E-state index in [2.05, 4.69) is 15.7 Å². The van der Waals surface area contributed by atoms with Gasteiger partial charge in [-0.3, -0.25) is 4.79 Å². The number of hydrogen-bond acceptors (Lipinski definition) is 5. The molecule has 0 saturated carbocycles. The molecule has 0 saturated heterocycles. The van der Waals surface area contributed by atoms with Crippen molar-refractivity contribution in [2.45, 2.75) is 24.7 Å². The summed E-state index contributed by atoms with van der Waals surface area (Å²) in [4.78, 5) is 12.7. The number of nitrogens with zero attached hydrogens (tertiary/aromatic N) is 2. The van der Waals surface area contributed by atoms with Crippen LogP contribution in [0.15, 0.2) is 42.5 Å². The quantitative estimate of drug-likeness (QED) is 0.474. The summed E-state index contributed by atoms with van der Waals surface area (Å²) in [6.45, 7) is 0.0595. The molecule has 0 aliphatic carbocycles. The molecule has 2 aliphatic rings. The Bertz CT molecular complexity index is 1250. The first kappa shape index (κ1) is 21.7. The summed E-state index contributed by atoms with van der Waals surface area (Å²) in [5.74, 6) is 0.345. The van der Waals surface area contributed by atoms with E-state index in [0.29, 0.717) is 17.1 Å². The van der Waals surface area contributed by atoms with E-state index in [1.165, 1.54) is 12.1 Å². The van der Waals surface area contributed by atoms with E-state index < -0.39 is 24.2 Å². The highest BCUT2D eigenvalue weighted by molar-refractivity contribution is 6.44. The summed E-state index contributed by atoms with van der Waals surface area (Å²) in [7, 11) is 0. The number of fused-ring (bicyclic) bond motifs is 2. The van der Waals surface area contributed by atoms with E-state index in [0.717, 1.165) is 4.68 Å². The van der Waals surface area contributed by atoms with Gasteiger partial charge in [0.15, 0.2) is 23.2 Å². The van der Waals surface area contributed by atoms with E-state index in [1.807, 2.05) is 0 Å². The Hall–Kier alpha value is -3.11. The Labute approximate surface area is 195 Å². The minimum absolute atomic E-state index is 0.0595. The van der Waals surface area contributed by atoms with Gasteiger partial charge in [0.25, 0.3) is 5.91 Å². The van der Waals surface area contributed by atoms with Gasteiger partial charge in [-0.2, -0.15) is 18.3 Å². The number of anilines is 2. The van der Waals surface area contributed by atoms with Crippen molar-refractivity contribution >= 4 is 40.6 Å². The van der Waals surface area contributed by atoms with E-state index in [4.69, 9.17) is 32.7 Å². The normalized spacial score (nSPS) is 19.1. The van der Waals surface area contributed by atoms with Crippen molar-refractivity contribution in [3.63, 3.8) is 0 Å². The van der Waals surface area contributed by atoms with Crippen LogP contribution in [0.5, 0.6) is 11.5 Å². The predicted molar refractivity (Wildman–Crippen MR) is 115 cm³/mol. The number of carbonyl (C=O) groups excluding carboxylic acids is 1. The van der Waals surface area contributed by atoms with Gasteiger partial charge in [-0.1, -0.05) is 35.3 Å². The van der Waals surface area contributed by atoms with Crippen molar-refractivity contribution in [1.29, 1.82) is 0 Å². The van der Waals surface area contributed by atoms with Crippen LogP contribution in [-0.4, -0.2) is 28.7 Å². The average molecular weight is 499 g/mol. The van der Waals surface area contributed by atoms with E-state index in [1.54, 1.807) is 30.3 Å². The van der Waals surface area contributed by atoms with Gasteiger partial charge in [-0.05, 0) is 29.8 Å². The third-order valence-electron chi connectivity index (χ3n) is 5.42. The van der Waals surface area contributed by atoms with Crippen LogP contribution in [0.1, 0.15) is 34.6 Å². The molecule has 0 bridgehead atoms. The lowest BCUT2D eigenvalue weighted by Gasteiger charge is -2.33. The van der Waals surface area contributed by atoms with Crippen LogP contribution in [0, 0.1) is 0 Å². The molecule has 0 unspecified atom stereocenters. The molecule has 2 atom stereocenters. The van der Waals surface area contributed by atoms with Gasteiger partial charge >= 0.3 is 6.18 Å². The topological polar surface area (TPSA) is 77.4 Å². The van der Waals surface area contributed by atoms with Crippen LogP contribution < -0.4 is 20.1 Å². The second kappa shape index (κ2) is 8.03. The van der Waals surface area contributed by atoms with Gasteiger partial charge in [0, 0.05) is 12.5 Å². The van der Waals surface area contributed by atoms with Crippen molar-refractivity contribution in [1.82, 2.24) is 9.78 Å². The molecule has 2 aromatic carbocycles. The number of hydrogen-bond donors (Lipinski definition) is 2. The summed E-state index contributed by atoms with van der Waals surface area (Å²) in [5, 5.41) is 9.85. The van der Waals surface area contributed by atoms with Crippen molar-refractivity contribution in [3.8, 4) is 11.5 Å². The molecule has 0 fully saturated rings. The molecule has 1 amide bonds. The fourth-order valence-electron chi connectivity index (χ4n) is 3.82. The van der Waals surface area contributed by atoms with Gasteiger partial charge in [0.05, 0.1) is 21.8 Å². The van der Waals surface area contributed by atoms with Crippen molar-refractivity contribution < 1.29 is 27.4 Å². The second-order valence-corrected chi connectivity index (χ2v) is 8.30. The van der Waals surface area contributed by atoms with Gasteiger partial charge < -0.3 is 20.1 Å². The zero-order chi connectivity index (χ0) is 23.3.